The zero-order valence-corrected chi connectivity index (χ0v) is 18.4. The van der Waals surface area contributed by atoms with Gasteiger partial charge >= 0.3 is 0 Å². The van der Waals surface area contributed by atoms with Crippen LogP contribution in [0.5, 0.6) is 5.75 Å². The van der Waals surface area contributed by atoms with Crippen LogP contribution < -0.4 is 10.6 Å². The molecule has 0 aliphatic carbocycles. The van der Waals surface area contributed by atoms with Gasteiger partial charge in [0.15, 0.2) is 10.7 Å². The average Bonchev–Trinajstić information content (AvgIpc) is 3.16. The van der Waals surface area contributed by atoms with Crippen LogP contribution in [0.4, 0.5) is 5.69 Å². The van der Waals surface area contributed by atoms with Crippen LogP contribution in [0, 0.1) is 6.92 Å². The Morgan fingerprint density at radius 1 is 1.13 bits per heavy atom. The minimum Gasteiger partial charge on any atom is -0.507 e. The van der Waals surface area contributed by atoms with Crippen LogP contribution in [-0.2, 0) is 0 Å². The average molecular weight is 472 g/mol. The molecule has 0 saturated heterocycles. The molecule has 1 amide bonds. The fourth-order valence-electron chi connectivity index (χ4n) is 3.01. The first-order valence-corrected chi connectivity index (χ1v) is 10.3. The first-order chi connectivity index (χ1) is 14.8. The van der Waals surface area contributed by atoms with E-state index < -0.39 is 5.91 Å². The van der Waals surface area contributed by atoms with Gasteiger partial charge in [0, 0.05) is 5.69 Å². The van der Waals surface area contributed by atoms with E-state index in [0.717, 1.165) is 0 Å². The lowest BCUT2D eigenvalue weighted by Crippen LogP contribution is -2.34. The minimum atomic E-state index is -0.500. The summed E-state index contributed by atoms with van der Waals surface area (Å²) in [7, 11) is 0. The van der Waals surface area contributed by atoms with Crippen molar-refractivity contribution in [1.82, 2.24) is 10.3 Å². The lowest BCUT2D eigenvalue weighted by molar-refractivity contribution is 0.0978. The van der Waals surface area contributed by atoms with Gasteiger partial charge in [0.25, 0.3) is 5.91 Å². The number of rotatable bonds is 3. The molecule has 4 rings (SSSR count). The molecule has 0 spiro atoms. The molecule has 6 nitrogen and oxygen atoms in total. The Balaban J connectivity index is 1.58. The number of nitrogens with one attached hydrogen (secondary N) is 2. The number of aromatic nitrogens is 1. The second-order valence-corrected chi connectivity index (χ2v) is 7.88. The molecule has 0 unspecified atom stereocenters. The molecule has 3 N–H and O–H groups in total. The van der Waals surface area contributed by atoms with E-state index in [4.69, 9.17) is 39.8 Å². The Morgan fingerprint density at radius 2 is 1.90 bits per heavy atom. The molecule has 156 valence electrons. The molecule has 3 aromatic carbocycles. The third-order valence-corrected chi connectivity index (χ3v) is 5.53. The highest BCUT2D eigenvalue weighted by Gasteiger charge is 2.17. The Morgan fingerprint density at radius 3 is 2.68 bits per heavy atom. The van der Waals surface area contributed by atoms with Gasteiger partial charge in [-0.2, -0.15) is 0 Å². The number of anilines is 1. The van der Waals surface area contributed by atoms with Crippen molar-refractivity contribution in [3.63, 3.8) is 0 Å². The number of carbonyl (C=O) groups is 1. The van der Waals surface area contributed by atoms with Crippen LogP contribution in [-0.4, -0.2) is 21.1 Å². The smallest absolute Gasteiger partial charge is 0.258 e. The van der Waals surface area contributed by atoms with Crippen molar-refractivity contribution in [3.8, 4) is 17.2 Å². The standard InChI is InChI=1S/C22H15Cl2N3O3S/c1-11-9-12(25-22(31)27-20(29)13-5-4-6-15(23)18(13)24)10-14(19(11)28)21-26-16-7-2-3-8-17(16)30-21/h2-10,28H,1H3,(H2,25,27,29,31). The molecule has 4 aromatic rings. The van der Waals surface area contributed by atoms with Crippen LogP contribution in [0.1, 0.15) is 15.9 Å². The second kappa shape index (κ2) is 8.55. The number of para-hydroxylation sites is 2. The van der Waals surface area contributed by atoms with E-state index in [0.29, 0.717) is 27.9 Å². The second-order valence-electron chi connectivity index (χ2n) is 6.69. The van der Waals surface area contributed by atoms with E-state index in [1.807, 2.05) is 18.2 Å². The molecule has 0 aliphatic heterocycles. The molecule has 0 atom stereocenters. The van der Waals surface area contributed by atoms with Crippen molar-refractivity contribution in [1.29, 1.82) is 0 Å². The maximum Gasteiger partial charge on any atom is 0.258 e. The fraction of sp³-hybridized carbons (Fsp3) is 0.0455. The van der Waals surface area contributed by atoms with Gasteiger partial charge in [0.05, 0.1) is 21.2 Å². The van der Waals surface area contributed by atoms with Gasteiger partial charge in [0.1, 0.15) is 11.3 Å². The number of oxazole rings is 1. The number of phenols is 1. The van der Waals surface area contributed by atoms with E-state index >= 15 is 0 Å². The maximum atomic E-state index is 12.5. The molecular formula is C22H15Cl2N3O3S. The summed E-state index contributed by atoms with van der Waals surface area (Å²) in [6, 6.07) is 15.4. The highest BCUT2D eigenvalue weighted by atomic mass is 35.5. The molecule has 0 radical (unpaired) electrons. The molecule has 0 aliphatic rings. The van der Waals surface area contributed by atoms with Gasteiger partial charge in [-0.05, 0) is 61.1 Å². The highest BCUT2D eigenvalue weighted by Crippen LogP contribution is 2.36. The summed E-state index contributed by atoms with van der Waals surface area (Å²) in [5.41, 5.74) is 2.99. The SMILES string of the molecule is Cc1cc(NC(=S)NC(=O)c2cccc(Cl)c2Cl)cc(-c2nc3ccccc3o2)c1O. The summed E-state index contributed by atoms with van der Waals surface area (Å²) < 4.78 is 5.77. The number of amides is 1. The third-order valence-electron chi connectivity index (χ3n) is 4.51. The number of hydrogen-bond donors (Lipinski definition) is 3. The topological polar surface area (TPSA) is 87.4 Å². The Bertz CT molecular complexity index is 1300. The van der Waals surface area contributed by atoms with Crippen molar-refractivity contribution in [2.75, 3.05) is 5.32 Å². The number of thiocarbonyl (C=S) groups is 1. The van der Waals surface area contributed by atoms with E-state index in [1.54, 1.807) is 43.3 Å². The number of phenolic OH excluding ortho intramolecular Hbond substituents is 1. The zero-order chi connectivity index (χ0) is 22.1. The molecule has 9 heteroatoms. The molecule has 31 heavy (non-hydrogen) atoms. The number of aryl methyl sites for hydroxylation is 1. The van der Waals surface area contributed by atoms with Crippen molar-refractivity contribution in [2.24, 2.45) is 0 Å². The van der Waals surface area contributed by atoms with Crippen molar-refractivity contribution < 1.29 is 14.3 Å². The van der Waals surface area contributed by atoms with Crippen LogP contribution >= 0.6 is 35.4 Å². The fourth-order valence-corrected chi connectivity index (χ4v) is 3.61. The summed E-state index contributed by atoms with van der Waals surface area (Å²) in [6.45, 7) is 1.74. The lowest BCUT2D eigenvalue weighted by atomic mass is 10.1. The predicted molar refractivity (Wildman–Crippen MR) is 126 cm³/mol. The normalized spacial score (nSPS) is 10.8. The number of aromatic hydroxyl groups is 1. The van der Waals surface area contributed by atoms with Crippen LogP contribution in [0.25, 0.3) is 22.6 Å². The summed E-state index contributed by atoms with van der Waals surface area (Å²) in [5, 5.41) is 16.5. The zero-order valence-electron chi connectivity index (χ0n) is 16.1. The van der Waals surface area contributed by atoms with Gasteiger partial charge in [-0.1, -0.05) is 41.4 Å². The van der Waals surface area contributed by atoms with Crippen molar-refractivity contribution >= 4 is 63.2 Å². The van der Waals surface area contributed by atoms with Crippen LogP contribution in [0.2, 0.25) is 10.0 Å². The molecule has 1 heterocycles. The molecule has 0 saturated carbocycles. The first-order valence-electron chi connectivity index (χ1n) is 9.09. The molecule has 0 fully saturated rings. The first kappa shape index (κ1) is 21.1. The summed E-state index contributed by atoms with van der Waals surface area (Å²) >= 11 is 17.3. The van der Waals surface area contributed by atoms with E-state index in [1.165, 1.54) is 0 Å². The Labute approximate surface area is 192 Å². The van der Waals surface area contributed by atoms with Crippen molar-refractivity contribution in [2.45, 2.75) is 6.92 Å². The van der Waals surface area contributed by atoms with Crippen molar-refractivity contribution in [3.05, 3.63) is 75.8 Å². The summed E-state index contributed by atoms with van der Waals surface area (Å²) in [5.74, 6) is -0.191. The monoisotopic (exact) mass is 471 g/mol. The largest absolute Gasteiger partial charge is 0.507 e. The maximum absolute atomic E-state index is 12.5. The predicted octanol–water partition coefficient (Wildman–Crippen LogP) is 5.94. The van der Waals surface area contributed by atoms with Gasteiger partial charge in [0.2, 0.25) is 5.89 Å². The number of hydrogen-bond acceptors (Lipinski definition) is 5. The van der Waals surface area contributed by atoms with Crippen LogP contribution in [0.3, 0.4) is 0 Å². The quantitative estimate of drug-likeness (QED) is 0.253. The highest BCUT2D eigenvalue weighted by molar-refractivity contribution is 7.80. The van der Waals surface area contributed by atoms with Gasteiger partial charge in [-0.3, -0.25) is 10.1 Å². The number of benzene rings is 3. The molecular weight excluding hydrogens is 457 g/mol. The molecule has 1 aromatic heterocycles. The summed E-state index contributed by atoms with van der Waals surface area (Å²) in [4.78, 5) is 16.9. The van der Waals surface area contributed by atoms with Gasteiger partial charge in [-0.15, -0.1) is 0 Å². The Hall–Kier alpha value is -3.13. The summed E-state index contributed by atoms with van der Waals surface area (Å²) in [6.07, 6.45) is 0. The lowest BCUT2D eigenvalue weighted by Gasteiger charge is -2.13. The van der Waals surface area contributed by atoms with E-state index in [9.17, 15) is 9.90 Å². The third kappa shape index (κ3) is 4.34. The number of fused-ring (bicyclic) bond motifs is 1. The minimum absolute atomic E-state index is 0.0396. The van der Waals surface area contributed by atoms with Gasteiger partial charge < -0.3 is 14.8 Å². The Kier molecular flexibility index (Phi) is 5.82. The number of carbonyl (C=O) groups excluding carboxylic acids is 1. The van der Waals surface area contributed by atoms with E-state index in [2.05, 4.69) is 15.6 Å². The number of halogens is 2. The van der Waals surface area contributed by atoms with Gasteiger partial charge in [-0.25, -0.2) is 4.98 Å². The number of nitrogens with zero attached hydrogens (tertiary/aromatic N) is 1. The van der Waals surface area contributed by atoms with E-state index in [-0.39, 0.29) is 32.4 Å². The molecule has 0 bridgehead atoms. The van der Waals surface area contributed by atoms with Crippen LogP contribution in [0.15, 0.2) is 59.0 Å².